The van der Waals surface area contributed by atoms with Crippen LogP contribution >= 0.6 is 0 Å². The molecule has 4 heteroatoms. The smallest absolute Gasteiger partial charge is 0.0674 e. The van der Waals surface area contributed by atoms with Crippen LogP contribution in [0.5, 0.6) is 0 Å². The number of hydrogen-bond acceptors (Lipinski definition) is 3. The molecule has 4 nitrogen and oxygen atoms in total. The molecule has 0 spiro atoms. The molecule has 3 aromatic rings. The van der Waals surface area contributed by atoms with Gasteiger partial charge in [-0.05, 0) is 35.7 Å². The van der Waals surface area contributed by atoms with Crippen molar-refractivity contribution in [3.63, 3.8) is 0 Å². The standard InChI is InChI=1S/C16H16N4/c1-12-6-13(8-18-7-12)10-20-11-15(9-19-20)14-2-4-16(17)5-3-14/h2-9,11H,10,17H2,1H3. The maximum atomic E-state index is 5.70. The Balaban J connectivity index is 1.82. The molecule has 20 heavy (non-hydrogen) atoms. The molecule has 3 rings (SSSR count). The summed E-state index contributed by atoms with van der Waals surface area (Å²) >= 11 is 0. The maximum Gasteiger partial charge on any atom is 0.0674 e. The second-order valence-corrected chi connectivity index (χ2v) is 4.92. The van der Waals surface area contributed by atoms with Gasteiger partial charge >= 0.3 is 0 Å². The number of benzene rings is 1. The molecule has 2 aromatic heterocycles. The summed E-state index contributed by atoms with van der Waals surface area (Å²) in [6.07, 6.45) is 7.63. The number of nitrogens with zero attached hydrogens (tertiary/aromatic N) is 3. The molecule has 0 bridgehead atoms. The molecule has 2 heterocycles. The van der Waals surface area contributed by atoms with Crippen LogP contribution in [0.15, 0.2) is 55.1 Å². The second-order valence-electron chi connectivity index (χ2n) is 4.92. The summed E-state index contributed by atoms with van der Waals surface area (Å²) in [5.74, 6) is 0. The first-order valence-corrected chi connectivity index (χ1v) is 6.49. The molecular formula is C16H16N4. The predicted octanol–water partition coefficient (Wildman–Crippen LogP) is 2.88. The molecule has 0 saturated heterocycles. The van der Waals surface area contributed by atoms with E-state index in [0.717, 1.165) is 34.5 Å². The molecule has 0 radical (unpaired) electrons. The van der Waals surface area contributed by atoms with E-state index in [1.807, 2.05) is 60.7 Å². The van der Waals surface area contributed by atoms with Crippen molar-refractivity contribution in [1.29, 1.82) is 0 Å². The fourth-order valence-corrected chi connectivity index (χ4v) is 2.17. The minimum absolute atomic E-state index is 0.726. The van der Waals surface area contributed by atoms with Crippen molar-refractivity contribution in [1.82, 2.24) is 14.8 Å². The van der Waals surface area contributed by atoms with Crippen LogP contribution in [0.2, 0.25) is 0 Å². The van der Waals surface area contributed by atoms with Gasteiger partial charge in [0, 0.05) is 29.8 Å². The average molecular weight is 264 g/mol. The molecule has 0 fully saturated rings. The Bertz CT molecular complexity index is 713. The van der Waals surface area contributed by atoms with E-state index >= 15 is 0 Å². The molecule has 100 valence electrons. The Hall–Kier alpha value is -2.62. The average Bonchev–Trinajstić information content (AvgIpc) is 2.88. The van der Waals surface area contributed by atoms with Crippen LogP contribution in [0.3, 0.4) is 0 Å². The van der Waals surface area contributed by atoms with Gasteiger partial charge in [-0.15, -0.1) is 0 Å². The highest BCUT2D eigenvalue weighted by molar-refractivity contribution is 5.63. The maximum absolute atomic E-state index is 5.70. The number of pyridine rings is 1. The fraction of sp³-hybridized carbons (Fsp3) is 0.125. The first kappa shape index (κ1) is 12.4. The molecule has 0 atom stereocenters. The molecule has 0 aliphatic heterocycles. The molecule has 1 aromatic carbocycles. The molecule has 0 aliphatic rings. The van der Waals surface area contributed by atoms with E-state index in [0.29, 0.717) is 0 Å². The number of hydrogen-bond donors (Lipinski definition) is 1. The van der Waals surface area contributed by atoms with Gasteiger partial charge in [0.25, 0.3) is 0 Å². The van der Waals surface area contributed by atoms with Crippen molar-refractivity contribution in [2.24, 2.45) is 0 Å². The third kappa shape index (κ3) is 2.69. The minimum Gasteiger partial charge on any atom is -0.399 e. The highest BCUT2D eigenvalue weighted by atomic mass is 15.3. The number of aromatic nitrogens is 3. The quantitative estimate of drug-likeness (QED) is 0.740. The highest BCUT2D eigenvalue weighted by Gasteiger charge is 2.03. The lowest BCUT2D eigenvalue weighted by molar-refractivity contribution is 0.684. The van der Waals surface area contributed by atoms with Gasteiger partial charge in [0.05, 0.1) is 12.7 Å². The molecular weight excluding hydrogens is 248 g/mol. The topological polar surface area (TPSA) is 56.7 Å². The van der Waals surface area contributed by atoms with E-state index in [1.165, 1.54) is 0 Å². The van der Waals surface area contributed by atoms with Gasteiger partial charge in [0.2, 0.25) is 0 Å². The van der Waals surface area contributed by atoms with Crippen LogP contribution in [-0.2, 0) is 6.54 Å². The Morgan fingerprint density at radius 3 is 2.60 bits per heavy atom. The van der Waals surface area contributed by atoms with E-state index < -0.39 is 0 Å². The van der Waals surface area contributed by atoms with Crippen LogP contribution in [0, 0.1) is 6.92 Å². The number of nitrogen functional groups attached to an aromatic ring is 1. The second kappa shape index (κ2) is 5.17. The predicted molar refractivity (Wildman–Crippen MR) is 80.2 cm³/mol. The Morgan fingerprint density at radius 2 is 1.85 bits per heavy atom. The SMILES string of the molecule is Cc1cncc(Cn2cc(-c3ccc(N)cc3)cn2)c1. The van der Waals surface area contributed by atoms with E-state index in [1.54, 1.807) is 0 Å². The van der Waals surface area contributed by atoms with Crippen molar-refractivity contribution in [3.05, 3.63) is 66.2 Å². The highest BCUT2D eigenvalue weighted by Crippen LogP contribution is 2.20. The zero-order valence-corrected chi connectivity index (χ0v) is 11.3. The van der Waals surface area contributed by atoms with Crippen molar-refractivity contribution in [2.45, 2.75) is 13.5 Å². The minimum atomic E-state index is 0.726. The van der Waals surface area contributed by atoms with Gasteiger partial charge < -0.3 is 5.73 Å². The zero-order chi connectivity index (χ0) is 13.9. The normalized spacial score (nSPS) is 10.7. The molecule has 2 N–H and O–H groups in total. The summed E-state index contributed by atoms with van der Waals surface area (Å²) in [4.78, 5) is 4.20. The van der Waals surface area contributed by atoms with E-state index in [9.17, 15) is 0 Å². The van der Waals surface area contributed by atoms with Gasteiger partial charge in [-0.25, -0.2) is 0 Å². The Labute approximate surface area is 117 Å². The van der Waals surface area contributed by atoms with Crippen LogP contribution in [0.25, 0.3) is 11.1 Å². The zero-order valence-electron chi connectivity index (χ0n) is 11.3. The number of anilines is 1. The fourth-order valence-electron chi connectivity index (χ4n) is 2.17. The van der Waals surface area contributed by atoms with Crippen molar-refractivity contribution in [3.8, 4) is 11.1 Å². The molecule has 0 saturated carbocycles. The van der Waals surface area contributed by atoms with Gasteiger partial charge in [-0.3, -0.25) is 9.67 Å². The molecule has 0 aliphatic carbocycles. The van der Waals surface area contributed by atoms with Gasteiger partial charge in [-0.1, -0.05) is 18.2 Å². The number of nitrogens with two attached hydrogens (primary N) is 1. The van der Waals surface area contributed by atoms with E-state index in [-0.39, 0.29) is 0 Å². The van der Waals surface area contributed by atoms with Crippen LogP contribution < -0.4 is 5.73 Å². The summed E-state index contributed by atoms with van der Waals surface area (Å²) < 4.78 is 1.92. The lowest BCUT2D eigenvalue weighted by Crippen LogP contribution is -2.00. The summed E-state index contributed by atoms with van der Waals surface area (Å²) in [5, 5.41) is 4.40. The number of aryl methyl sites for hydroxylation is 1. The van der Waals surface area contributed by atoms with Crippen molar-refractivity contribution >= 4 is 5.69 Å². The third-order valence-electron chi connectivity index (χ3n) is 3.15. The van der Waals surface area contributed by atoms with Gasteiger partial charge in [0.1, 0.15) is 0 Å². The first-order valence-electron chi connectivity index (χ1n) is 6.49. The van der Waals surface area contributed by atoms with Crippen LogP contribution in [0.1, 0.15) is 11.1 Å². The number of rotatable bonds is 3. The van der Waals surface area contributed by atoms with E-state index in [2.05, 4.69) is 16.1 Å². The van der Waals surface area contributed by atoms with Crippen molar-refractivity contribution < 1.29 is 0 Å². The lowest BCUT2D eigenvalue weighted by Gasteiger charge is -2.02. The van der Waals surface area contributed by atoms with Gasteiger partial charge in [0.15, 0.2) is 0 Å². The van der Waals surface area contributed by atoms with Crippen molar-refractivity contribution in [2.75, 3.05) is 5.73 Å². The van der Waals surface area contributed by atoms with Gasteiger partial charge in [-0.2, -0.15) is 5.10 Å². The van der Waals surface area contributed by atoms with Crippen LogP contribution in [0.4, 0.5) is 5.69 Å². The van der Waals surface area contributed by atoms with E-state index in [4.69, 9.17) is 5.73 Å². The summed E-state index contributed by atoms with van der Waals surface area (Å²) in [6.45, 7) is 2.77. The summed E-state index contributed by atoms with van der Waals surface area (Å²) in [7, 11) is 0. The summed E-state index contributed by atoms with van der Waals surface area (Å²) in [5.41, 5.74) is 11.0. The van der Waals surface area contributed by atoms with Crippen LogP contribution in [-0.4, -0.2) is 14.8 Å². The molecule has 0 amide bonds. The molecule has 0 unspecified atom stereocenters. The first-order chi connectivity index (χ1) is 9.70. The summed E-state index contributed by atoms with van der Waals surface area (Å²) in [6, 6.07) is 9.93. The third-order valence-corrected chi connectivity index (χ3v) is 3.15. The lowest BCUT2D eigenvalue weighted by atomic mass is 10.1. The Kier molecular flexibility index (Phi) is 3.21. The Morgan fingerprint density at radius 1 is 1.05 bits per heavy atom. The largest absolute Gasteiger partial charge is 0.399 e. The monoisotopic (exact) mass is 264 g/mol.